The third-order valence-electron chi connectivity index (χ3n) is 4.30. The molecule has 3 rings (SSSR count). The average Bonchev–Trinajstić information content (AvgIpc) is 2.60. The fraction of sp³-hybridized carbons (Fsp3) is 0.529. The van der Waals surface area contributed by atoms with Crippen LogP contribution >= 0.6 is 0 Å². The van der Waals surface area contributed by atoms with Crippen molar-refractivity contribution in [2.75, 3.05) is 51.3 Å². The highest BCUT2D eigenvalue weighted by atomic mass is 16.6. The van der Waals surface area contributed by atoms with E-state index in [9.17, 15) is 9.59 Å². The van der Waals surface area contributed by atoms with Crippen molar-refractivity contribution in [3.8, 4) is 11.5 Å². The summed E-state index contributed by atoms with van der Waals surface area (Å²) in [6.45, 7) is 6.47. The lowest BCUT2D eigenvalue weighted by Crippen LogP contribution is -2.48. The molecule has 0 aliphatic carbocycles. The first-order valence-electron chi connectivity index (χ1n) is 8.29. The van der Waals surface area contributed by atoms with Crippen LogP contribution in [0.5, 0.6) is 11.5 Å². The van der Waals surface area contributed by atoms with Gasteiger partial charge in [-0.15, -0.1) is 0 Å². The Hall–Kier alpha value is -2.28. The highest BCUT2D eigenvalue weighted by molar-refractivity contribution is 5.91. The number of rotatable bonds is 4. The number of carbonyl (C=O) groups excluding carboxylic acids is 2. The quantitative estimate of drug-likeness (QED) is 0.888. The number of carbonyl (C=O) groups is 2. The molecule has 0 aromatic heterocycles. The van der Waals surface area contributed by atoms with Gasteiger partial charge in [0.05, 0.1) is 0 Å². The summed E-state index contributed by atoms with van der Waals surface area (Å²) < 4.78 is 11.0. The van der Waals surface area contributed by atoms with Gasteiger partial charge >= 0.3 is 0 Å². The lowest BCUT2D eigenvalue weighted by Gasteiger charge is -2.34. The average molecular weight is 333 g/mol. The third-order valence-corrected chi connectivity index (χ3v) is 4.30. The molecule has 0 radical (unpaired) electrons. The van der Waals surface area contributed by atoms with E-state index in [0.717, 1.165) is 26.2 Å². The number of fused-ring (bicyclic) bond motifs is 1. The maximum atomic E-state index is 12.1. The number of amides is 2. The van der Waals surface area contributed by atoms with Crippen LogP contribution in [-0.4, -0.2) is 67.6 Å². The standard InChI is InChI=1S/C17H23N3O4/c1-13(21)20-8-6-19(7-9-20)5-4-17(22)18-14-2-3-15-16(12-14)24-11-10-23-15/h2-3,12H,4-11H2,1H3,(H,18,22). The zero-order valence-electron chi connectivity index (χ0n) is 13.9. The predicted octanol–water partition coefficient (Wildman–Crippen LogP) is 0.950. The van der Waals surface area contributed by atoms with Crippen LogP contribution in [-0.2, 0) is 9.59 Å². The minimum Gasteiger partial charge on any atom is -0.486 e. The summed E-state index contributed by atoms with van der Waals surface area (Å²) in [5, 5.41) is 2.89. The van der Waals surface area contributed by atoms with Crippen molar-refractivity contribution in [1.82, 2.24) is 9.80 Å². The van der Waals surface area contributed by atoms with Gasteiger partial charge in [-0.05, 0) is 12.1 Å². The number of anilines is 1. The SMILES string of the molecule is CC(=O)N1CCN(CCC(=O)Nc2ccc3c(c2)OCCO3)CC1. The van der Waals surface area contributed by atoms with Crippen LogP contribution < -0.4 is 14.8 Å². The fourth-order valence-corrected chi connectivity index (χ4v) is 2.89. The van der Waals surface area contributed by atoms with Crippen molar-refractivity contribution in [3.05, 3.63) is 18.2 Å². The molecule has 130 valence electrons. The fourth-order valence-electron chi connectivity index (χ4n) is 2.89. The first-order chi connectivity index (χ1) is 11.6. The molecule has 7 heteroatoms. The van der Waals surface area contributed by atoms with E-state index >= 15 is 0 Å². The van der Waals surface area contributed by atoms with Crippen LogP contribution in [0.25, 0.3) is 0 Å². The van der Waals surface area contributed by atoms with Gasteiger partial charge in [-0.2, -0.15) is 0 Å². The molecule has 1 N–H and O–H groups in total. The molecule has 7 nitrogen and oxygen atoms in total. The lowest BCUT2D eigenvalue weighted by atomic mass is 10.2. The Labute approximate surface area is 141 Å². The van der Waals surface area contributed by atoms with Crippen LogP contribution in [0, 0.1) is 0 Å². The Morgan fingerprint density at radius 2 is 1.79 bits per heavy atom. The van der Waals surface area contributed by atoms with E-state index in [2.05, 4.69) is 10.2 Å². The Kier molecular flexibility index (Phi) is 5.20. The molecule has 0 bridgehead atoms. The number of hydrogen-bond acceptors (Lipinski definition) is 5. The van der Waals surface area contributed by atoms with Crippen LogP contribution in [0.4, 0.5) is 5.69 Å². The van der Waals surface area contributed by atoms with Gasteiger partial charge in [-0.25, -0.2) is 0 Å². The van der Waals surface area contributed by atoms with E-state index < -0.39 is 0 Å². The van der Waals surface area contributed by atoms with Gasteiger partial charge in [0.1, 0.15) is 13.2 Å². The van der Waals surface area contributed by atoms with E-state index in [0.29, 0.717) is 43.4 Å². The second kappa shape index (κ2) is 7.53. The zero-order valence-corrected chi connectivity index (χ0v) is 13.9. The van der Waals surface area contributed by atoms with Crippen molar-refractivity contribution in [2.45, 2.75) is 13.3 Å². The van der Waals surface area contributed by atoms with Gasteiger partial charge in [0.2, 0.25) is 11.8 Å². The predicted molar refractivity (Wildman–Crippen MR) is 89.4 cm³/mol. The molecular formula is C17H23N3O4. The van der Waals surface area contributed by atoms with Crippen molar-refractivity contribution in [3.63, 3.8) is 0 Å². The molecule has 2 aliphatic rings. The molecule has 2 heterocycles. The first-order valence-corrected chi connectivity index (χ1v) is 8.29. The highest BCUT2D eigenvalue weighted by Gasteiger charge is 2.19. The maximum Gasteiger partial charge on any atom is 0.225 e. The van der Waals surface area contributed by atoms with Gasteiger partial charge < -0.3 is 19.7 Å². The number of ether oxygens (including phenoxy) is 2. The number of hydrogen-bond donors (Lipinski definition) is 1. The smallest absolute Gasteiger partial charge is 0.225 e. The summed E-state index contributed by atoms with van der Waals surface area (Å²) in [5.74, 6) is 1.47. The second-order valence-electron chi connectivity index (χ2n) is 6.00. The normalized spacial score (nSPS) is 17.5. The van der Waals surface area contributed by atoms with E-state index in [1.54, 1.807) is 13.0 Å². The van der Waals surface area contributed by atoms with Crippen LogP contribution in [0.1, 0.15) is 13.3 Å². The molecule has 1 fully saturated rings. The van der Waals surface area contributed by atoms with Crippen molar-refractivity contribution < 1.29 is 19.1 Å². The van der Waals surface area contributed by atoms with Crippen LogP contribution in [0.3, 0.4) is 0 Å². The van der Waals surface area contributed by atoms with E-state index in [1.807, 2.05) is 17.0 Å². The third kappa shape index (κ3) is 4.17. The van der Waals surface area contributed by atoms with Gasteiger partial charge in [0.15, 0.2) is 11.5 Å². The monoisotopic (exact) mass is 333 g/mol. The maximum absolute atomic E-state index is 12.1. The first kappa shape index (κ1) is 16.6. The topological polar surface area (TPSA) is 71.1 Å². The molecule has 0 saturated carbocycles. The van der Waals surface area contributed by atoms with E-state index in [4.69, 9.17) is 9.47 Å². The Bertz CT molecular complexity index is 612. The summed E-state index contributed by atoms with van der Waals surface area (Å²) in [4.78, 5) is 27.5. The minimum atomic E-state index is -0.0272. The molecule has 2 amide bonds. The van der Waals surface area contributed by atoms with Gasteiger partial charge in [0, 0.05) is 57.8 Å². The summed E-state index contributed by atoms with van der Waals surface area (Å²) in [6.07, 6.45) is 0.425. The number of nitrogens with one attached hydrogen (secondary N) is 1. The summed E-state index contributed by atoms with van der Waals surface area (Å²) in [6, 6.07) is 5.42. The lowest BCUT2D eigenvalue weighted by molar-refractivity contribution is -0.130. The number of piperazine rings is 1. The molecule has 0 atom stereocenters. The largest absolute Gasteiger partial charge is 0.486 e. The van der Waals surface area contributed by atoms with E-state index in [-0.39, 0.29) is 11.8 Å². The summed E-state index contributed by atoms with van der Waals surface area (Å²) >= 11 is 0. The molecule has 1 saturated heterocycles. The van der Waals surface area contributed by atoms with E-state index in [1.165, 1.54) is 0 Å². The number of benzene rings is 1. The molecular weight excluding hydrogens is 310 g/mol. The Balaban J connectivity index is 1.44. The summed E-state index contributed by atoms with van der Waals surface area (Å²) in [5.41, 5.74) is 0.714. The van der Waals surface area contributed by atoms with Crippen molar-refractivity contribution in [2.24, 2.45) is 0 Å². The van der Waals surface area contributed by atoms with Crippen LogP contribution in [0.2, 0.25) is 0 Å². The number of nitrogens with zero attached hydrogens (tertiary/aromatic N) is 2. The molecule has 0 unspecified atom stereocenters. The van der Waals surface area contributed by atoms with Crippen molar-refractivity contribution >= 4 is 17.5 Å². The Morgan fingerprint density at radius 1 is 1.08 bits per heavy atom. The molecule has 1 aromatic rings. The van der Waals surface area contributed by atoms with Crippen molar-refractivity contribution in [1.29, 1.82) is 0 Å². The highest BCUT2D eigenvalue weighted by Crippen LogP contribution is 2.32. The van der Waals surface area contributed by atoms with Gasteiger partial charge in [0.25, 0.3) is 0 Å². The minimum absolute atomic E-state index is 0.0272. The molecule has 1 aromatic carbocycles. The summed E-state index contributed by atoms with van der Waals surface area (Å²) in [7, 11) is 0. The van der Waals surface area contributed by atoms with Gasteiger partial charge in [-0.3, -0.25) is 14.5 Å². The van der Waals surface area contributed by atoms with Gasteiger partial charge in [-0.1, -0.05) is 0 Å². The van der Waals surface area contributed by atoms with Crippen LogP contribution in [0.15, 0.2) is 18.2 Å². The molecule has 0 spiro atoms. The molecule has 24 heavy (non-hydrogen) atoms. The molecule has 2 aliphatic heterocycles. The Morgan fingerprint density at radius 3 is 2.50 bits per heavy atom. The second-order valence-corrected chi connectivity index (χ2v) is 6.00. The zero-order chi connectivity index (χ0) is 16.9.